The summed E-state index contributed by atoms with van der Waals surface area (Å²) in [5, 5.41) is 19.1. The Morgan fingerprint density at radius 3 is 1.85 bits per heavy atom. The van der Waals surface area contributed by atoms with E-state index in [4.69, 9.17) is 48.0 Å². The van der Waals surface area contributed by atoms with Gasteiger partial charge < -0.3 is 69.3 Å². The normalized spacial score (nSPS) is 10.1. The van der Waals surface area contributed by atoms with Crippen LogP contribution < -0.4 is 49.9 Å². The zero-order chi connectivity index (χ0) is 47.2. The lowest BCUT2D eigenvalue weighted by atomic mass is 10.1. The van der Waals surface area contributed by atoms with Crippen LogP contribution in [0.25, 0.3) is 0 Å². The molecule has 0 aromatic rings. The average molecular weight is 897 g/mol. The van der Waals surface area contributed by atoms with E-state index in [1.54, 1.807) is 11.8 Å². The van der Waals surface area contributed by atoms with Crippen molar-refractivity contribution in [3.8, 4) is 0 Å². The van der Waals surface area contributed by atoms with Crippen LogP contribution in [0.2, 0.25) is 0 Å². The van der Waals surface area contributed by atoms with Gasteiger partial charge in [0.1, 0.15) is 12.9 Å². The standard InChI is InChI=1S/C16H32N2O3.C11H25N5OS.C9H17N3O5.C2H4O.C2H6/c17-13-9-8-11-15(19)18-14-10-6-4-2-1-3-5-7-12-16(20)21;1-9(4-2-3-6-15-11(13)14)16-10(17)8-18-7-5-12;10-8(14)6-17-4-3-16-2-1-12-9(15)5-11-7-13;1-2-3;1-2/h1-14,17H2,(H,18,19)(H,20,21);9H,2-8,12H2,1H3,(H,16,17)(H4,13,14,15);7H,1-6H2,(H2,10,14)(H,11,13)(H,12,15);2H,1H3;1-2H3. The molecule has 0 aromatic carbocycles. The highest BCUT2D eigenvalue weighted by molar-refractivity contribution is 7.99. The Bertz CT molecular complexity index is 1080. The Morgan fingerprint density at radius 1 is 0.721 bits per heavy atom. The van der Waals surface area contributed by atoms with E-state index in [-0.39, 0.29) is 49.5 Å². The smallest absolute Gasteiger partial charge is 0.303 e. The van der Waals surface area contributed by atoms with Crippen molar-refractivity contribution in [2.24, 2.45) is 33.7 Å². The number of rotatable bonds is 36. The first-order valence-electron chi connectivity index (χ1n) is 21.4. The van der Waals surface area contributed by atoms with Gasteiger partial charge in [0, 0.05) is 50.8 Å². The summed E-state index contributed by atoms with van der Waals surface area (Å²) in [5.41, 5.74) is 26.0. The molecule has 0 rings (SSSR count). The molecule has 360 valence electrons. The lowest BCUT2D eigenvalue weighted by Gasteiger charge is -2.13. The van der Waals surface area contributed by atoms with Gasteiger partial charge in [0.25, 0.3) is 0 Å². The lowest BCUT2D eigenvalue weighted by Crippen LogP contribution is -2.35. The Kier molecular flexibility index (Phi) is 62.9. The third-order valence-corrected chi connectivity index (χ3v) is 8.26. The number of aldehydes is 1. The maximum atomic E-state index is 11.5. The number of nitrogens with two attached hydrogens (primary N) is 5. The van der Waals surface area contributed by atoms with Gasteiger partial charge in [0.15, 0.2) is 5.96 Å². The van der Waals surface area contributed by atoms with Crippen LogP contribution in [0.4, 0.5) is 0 Å². The predicted octanol–water partition coefficient (Wildman–Crippen LogP) is 1.05. The number of carbonyl (C=O) groups is 7. The van der Waals surface area contributed by atoms with E-state index in [9.17, 15) is 28.8 Å². The van der Waals surface area contributed by atoms with Gasteiger partial charge >= 0.3 is 5.97 Å². The number of unbranched alkanes of at least 4 members (excludes halogenated alkanes) is 9. The molecule has 0 bridgehead atoms. The number of nitrogens with one attached hydrogen (secondary N) is 4. The minimum Gasteiger partial charge on any atom is -0.481 e. The molecular weight excluding hydrogens is 813 g/mol. The molecule has 0 radical (unpaired) electrons. The third kappa shape index (κ3) is 73.9. The molecule has 0 aromatic heterocycles. The molecule has 20 nitrogen and oxygen atoms in total. The Morgan fingerprint density at radius 2 is 1.30 bits per heavy atom. The predicted molar refractivity (Wildman–Crippen MR) is 245 cm³/mol. The van der Waals surface area contributed by atoms with Crippen molar-refractivity contribution in [2.75, 3.05) is 77.2 Å². The van der Waals surface area contributed by atoms with Crippen LogP contribution in [0, 0.1) is 0 Å². The van der Waals surface area contributed by atoms with Crippen LogP contribution >= 0.6 is 11.8 Å². The first-order chi connectivity index (χ1) is 29.3. The van der Waals surface area contributed by atoms with Crippen molar-refractivity contribution in [3.05, 3.63) is 0 Å². The molecule has 0 saturated carbocycles. The number of ether oxygens (including phenoxy) is 2. The molecule has 0 aliphatic carbocycles. The highest BCUT2D eigenvalue weighted by Crippen LogP contribution is 2.09. The molecule has 61 heavy (non-hydrogen) atoms. The number of aliphatic imine (C=N–C) groups is 1. The highest BCUT2D eigenvalue weighted by atomic mass is 32.2. The number of primary amides is 1. The summed E-state index contributed by atoms with van der Waals surface area (Å²) in [6.45, 7) is 11.2. The van der Waals surface area contributed by atoms with E-state index in [0.29, 0.717) is 64.4 Å². The van der Waals surface area contributed by atoms with Gasteiger partial charge in [-0.05, 0) is 65.3 Å². The summed E-state index contributed by atoms with van der Waals surface area (Å²) >= 11 is 1.56. The summed E-state index contributed by atoms with van der Waals surface area (Å²) in [5.74, 6) is 0.140. The second-order valence-corrected chi connectivity index (χ2v) is 14.0. The van der Waals surface area contributed by atoms with Crippen LogP contribution in [0.5, 0.6) is 0 Å². The number of carbonyl (C=O) groups excluding carboxylic acids is 6. The molecule has 0 saturated heterocycles. The summed E-state index contributed by atoms with van der Waals surface area (Å²) < 4.78 is 9.93. The Labute approximate surface area is 369 Å². The van der Waals surface area contributed by atoms with Gasteiger partial charge in [-0.2, -0.15) is 11.8 Å². The van der Waals surface area contributed by atoms with E-state index >= 15 is 0 Å². The van der Waals surface area contributed by atoms with E-state index < -0.39 is 11.9 Å². The monoisotopic (exact) mass is 897 g/mol. The highest BCUT2D eigenvalue weighted by Gasteiger charge is 2.07. The maximum absolute atomic E-state index is 11.5. The van der Waals surface area contributed by atoms with Crippen molar-refractivity contribution in [3.63, 3.8) is 0 Å². The maximum Gasteiger partial charge on any atom is 0.303 e. The minimum absolute atomic E-state index is 0.0504. The first-order valence-corrected chi connectivity index (χ1v) is 22.5. The SMILES string of the molecule is CC.CC(CCCCN=C(N)N)NC(=O)CSCCN.CC=O.NC(=O)COCCOCCNC(=O)CNC=O.NCCCCC(=O)NCCCCCCCCCCC(=O)O. The number of guanidine groups is 1. The van der Waals surface area contributed by atoms with Crippen LogP contribution in [-0.2, 0) is 43.0 Å². The number of hydrogen-bond acceptors (Lipinski definition) is 13. The molecule has 0 aliphatic rings. The molecule has 0 aliphatic heterocycles. The van der Waals surface area contributed by atoms with Crippen molar-refractivity contribution < 1.29 is 48.1 Å². The van der Waals surface area contributed by atoms with Crippen LogP contribution in [0.15, 0.2) is 4.99 Å². The zero-order valence-corrected chi connectivity index (χ0v) is 38.5. The number of amides is 5. The summed E-state index contributed by atoms with van der Waals surface area (Å²) in [4.78, 5) is 77.0. The first kappa shape index (κ1) is 66.1. The third-order valence-electron chi connectivity index (χ3n) is 7.27. The average Bonchev–Trinajstić information content (AvgIpc) is 3.21. The largest absolute Gasteiger partial charge is 0.481 e. The summed E-state index contributed by atoms with van der Waals surface area (Å²) in [7, 11) is 0. The van der Waals surface area contributed by atoms with Crippen molar-refractivity contribution in [1.29, 1.82) is 0 Å². The van der Waals surface area contributed by atoms with E-state index in [2.05, 4.69) is 26.3 Å². The Hall–Kier alpha value is -4.05. The molecule has 1 unspecified atom stereocenters. The molecular formula is C40H84N10O10S. The number of nitrogens with zero attached hydrogens (tertiary/aromatic N) is 1. The van der Waals surface area contributed by atoms with Crippen molar-refractivity contribution in [2.45, 2.75) is 130 Å². The number of hydrogen-bond donors (Lipinski definition) is 10. The van der Waals surface area contributed by atoms with Crippen LogP contribution in [0.3, 0.4) is 0 Å². The molecule has 15 N–H and O–H groups in total. The van der Waals surface area contributed by atoms with Crippen LogP contribution in [0.1, 0.15) is 124 Å². The number of thioether (sulfide) groups is 1. The van der Waals surface area contributed by atoms with Gasteiger partial charge in [-0.15, -0.1) is 0 Å². The van der Waals surface area contributed by atoms with Gasteiger partial charge in [0.2, 0.25) is 30.0 Å². The van der Waals surface area contributed by atoms with Gasteiger partial charge in [-0.1, -0.05) is 52.4 Å². The topological polar surface area (TPSA) is 349 Å². The number of carboxylic acid groups (broad SMARTS) is 1. The second kappa shape index (κ2) is 58.0. The summed E-state index contributed by atoms with van der Waals surface area (Å²) in [6, 6.07) is 0.190. The van der Waals surface area contributed by atoms with Crippen molar-refractivity contribution in [1.82, 2.24) is 21.3 Å². The van der Waals surface area contributed by atoms with E-state index in [0.717, 1.165) is 82.8 Å². The quantitative estimate of drug-likeness (QED) is 0.0182. The lowest BCUT2D eigenvalue weighted by molar-refractivity contribution is -0.137. The van der Waals surface area contributed by atoms with Crippen molar-refractivity contribution >= 4 is 60.0 Å². The molecule has 21 heteroatoms. The second-order valence-electron chi connectivity index (χ2n) is 12.9. The fourth-order valence-corrected chi connectivity index (χ4v) is 5.05. The minimum atomic E-state index is -0.694. The molecule has 1 atom stereocenters. The van der Waals surface area contributed by atoms with Crippen LogP contribution in [-0.4, -0.2) is 137 Å². The van der Waals surface area contributed by atoms with Gasteiger partial charge in [0.05, 0.1) is 32.1 Å². The van der Waals surface area contributed by atoms with E-state index in [1.165, 1.54) is 26.2 Å². The zero-order valence-electron chi connectivity index (χ0n) is 37.7. The Balaban J connectivity index is -0.000000245. The molecule has 0 fully saturated rings. The fraction of sp³-hybridized carbons (Fsp3) is 0.800. The molecule has 5 amide bonds. The summed E-state index contributed by atoms with van der Waals surface area (Å²) in [6.07, 6.45) is 15.5. The molecule has 0 spiro atoms. The van der Waals surface area contributed by atoms with Gasteiger partial charge in [-0.3, -0.25) is 33.8 Å². The number of aliphatic carboxylic acids is 1. The van der Waals surface area contributed by atoms with Gasteiger partial charge in [-0.25, -0.2) is 0 Å². The number of carboxylic acids is 1. The van der Waals surface area contributed by atoms with E-state index in [1.807, 2.05) is 20.8 Å². The molecule has 0 heterocycles. The fourth-order valence-electron chi connectivity index (χ4n) is 4.47.